The summed E-state index contributed by atoms with van der Waals surface area (Å²) in [5, 5.41) is 4.31. The summed E-state index contributed by atoms with van der Waals surface area (Å²) in [5.74, 6) is 0. The molecule has 0 aromatic heterocycles. The van der Waals surface area contributed by atoms with Crippen molar-refractivity contribution in [2.45, 2.75) is 25.4 Å². The molecule has 0 bridgehead atoms. The summed E-state index contributed by atoms with van der Waals surface area (Å²) < 4.78 is 0. The van der Waals surface area contributed by atoms with Gasteiger partial charge in [-0.1, -0.05) is 48.0 Å². The first kappa shape index (κ1) is 12.5. The molecule has 0 saturated heterocycles. The van der Waals surface area contributed by atoms with E-state index in [9.17, 15) is 0 Å². The molecule has 2 aromatic rings. The van der Waals surface area contributed by atoms with Crippen LogP contribution >= 0.6 is 11.6 Å². The molecule has 2 aromatic carbocycles. The van der Waals surface area contributed by atoms with Crippen molar-refractivity contribution < 1.29 is 0 Å². The molecule has 3 N–H and O–H groups in total. The minimum absolute atomic E-state index is 0.108. The van der Waals surface area contributed by atoms with Crippen LogP contribution in [0.2, 0.25) is 5.02 Å². The Morgan fingerprint density at radius 2 is 1.84 bits per heavy atom. The second kappa shape index (κ2) is 4.87. The fourth-order valence-corrected chi connectivity index (χ4v) is 3.08. The van der Waals surface area contributed by atoms with Crippen LogP contribution in [-0.2, 0) is 0 Å². The number of hydrogen-bond donors (Lipinski definition) is 2. The fraction of sp³-hybridized carbons (Fsp3) is 0.250. The zero-order valence-electron chi connectivity index (χ0n) is 10.9. The van der Waals surface area contributed by atoms with Crippen molar-refractivity contribution in [3.63, 3.8) is 0 Å². The number of aryl methyl sites for hydroxylation is 1. The summed E-state index contributed by atoms with van der Waals surface area (Å²) in [4.78, 5) is 0. The van der Waals surface area contributed by atoms with Gasteiger partial charge < -0.3 is 11.1 Å². The van der Waals surface area contributed by atoms with Crippen LogP contribution in [-0.4, -0.2) is 0 Å². The Hall–Kier alpha value is -1.51. The maximum Gasteiger partial charge on any atom is 0.0640 e. The van der Waals surface area contributed by atoms with E-state index in [1.807, 2.05) is 18.2 Å². The second-order valence-corrected chi connectivity index (χ2v) is 5.51. The van der Waals surface area contributed by atoms with Gasteiger partial charge in [-0.3, -0.25) is 0 Å². The van der Waals surface area contributed by atoms with E-state index in [4.69, 9.17) is 17.3 Å². The summed E-state index contributed by atoms with van der Waals surface area (Å²) >= 11 is 6.28. The standard InChI is InChI=1S/C16H17ClN2/c1-10-5-4-8-13(17)16(10)19-15-9-14(18)11-6-2-3-7-12(11)15/h2-8,14-15,19H,9,18H2,1H3. The number of fused-ring (bicyclic) bond motifs is 1. The molecule has 2 atom stereocenters. The van der Waals surface area contributed by atoms with Crippen LogP contribution in [0.1, 0.15) is 35.2 Å². The average Bonchev–Trinajstić information content (AvgIpc) is 2.72. The molecule has 0 aliphatic heterocycles. The van der Waals surface area contributed by atoms with Crippen molar-refractivity contribution in [1.82, 2.24) is 0 Å². The molecule has 3 rings (SSSR count). The van der Waals surface area contributed by atoms with E-state index in [0.29, 0.717) is 0 Å². The number of rotatable bonds is 2. The molecule has 0 fully saturated rings. The van der Waals surface area contributed by atoms with Gasteiger partial charge in [-0.2, -0.15) is 0 Å². The largest absolute Gasteiger partial charge is 0.377 e. The van der Waals surface area contributed by atoms with E-state index in [2.05, 4.69) is 36.5 Å². The third-order valence-electron chi connectivity index (χ3n) is 3.80. The lowest BCUT2D eigenvalue weighted by Gasteiger charge is -2.18. The van der Waals surface area contributed by atoms with Gasteiger partial charge in [0.25, 0.3) is 0 Å². The highest BCUT2D eigenvalue weighted by atomic mass is 35.5. The summed E-state index contributed by atoms with van der Waals surface area (Å²) in [6, 6.07) is 14.7. The van der Waals surface area contributed by atoms with Gasteiger partial charge in [-0.15, -0.1) is 0 Å². The summed E-state index contributed by atoms with van der Waals surface area (Å²) in [5.41, 5.74) is 10.9. The first-order chi connectivity index (χ1) is 9.16. The van der Waals surface area contributed by atoms with Crippen molar-refractivity contribution in [3.05, 3.63) is 64.2 Å². The molecule has 0 heterocycles. The van der Waals surface area contributed by atoms with E-state index in [-0.39, 0.29) is 12.1 Å². The number of hydrogen-bond acceptors (Lipinski definition) is 2. The zero-order chi connectivity index (χ0) is 13.4. The molecule has 2 unspecified atom stereocenters. The number of halogens is 1. The zero-order valence-corrected chi connectivity index (χ0v) is 11.6. The van der Waals surface area contributed by atoms with Crippen LogP contribution in [0.5, 0.6) is 0 Å². The molecule has 0 radical (unpaired) electrons. The van der Waals surface area contributed by atoms with Gasteiger partial charge in [0.2, 0.25) is 0 Å². The van der Waals surface area contributed by atoms with Crippen LogP contribution in [0.3, 0.4) is 0 Å². The highest BCUT2D eigenvalue weighted by molar-refractivity contribution is 6.33. The monoisotopic (exact) mass is 272 g/mol. The van der Waals surface area contributed by atoms with Gasteiger partial charge in [0, 0.05) is 6.04 Å². The third kappa shape index (κ3) is 2.22. The first-order valence-corrected chi connectivity index (χ1v) is 6.90. The average molecular weight is 273 g/mol. The molecule has 2 nitrogen and oxygen atoms in total. The smallest absolute Gasteiger partial charge is 0.0640 e. The Bertz CT molecular complexity index is 589. The van der Waals surface area contributed by atoms with E-state index in [1.54, 1.807) is 0 Å². The Morgan fingerprint density at radius 1 is 1.11 bits per heavy atom. The fourth-order valence-electron chi connectivity index (χ4n) is 2.80. The molecule has 0 saturated carbocycles. The molecule has 0 amide bonds. The molecular formula is C16H17ClN2. The van der Waals surface area contributed by atoms with E-state index < -0.39 is 0 Å². The molecular weight excluding hydrogens is 256 g/mol. The summed E-state index contributed by atoms with van der Waals surface area (Å²) in [6.07, 6.45) is 0.907. The van der Waals surface area contributed by atoms with Crippen LogP contribution in [0, 0.1) is 6.92 Å². The normalized spacial score (nSPS) is 21.2. The molecule has 3 heteroatoms. The van der Waals surface area contributed by atoms with Gasteiger partial charge >= 0.3 is 0 Å². The Kier molecular flexibility index (Phi) is 3.21. The van der Waals surface area contributed by atoms with Crippen molar-refractivity contribution in [2.75, 3.05) is 5.32 Å². The van der Waals surface area contributed by atoms with Gasteiger partial charge in [0.05, 0.1) is 16.8 Å². The number of anilines is 1. The Labute approximate surface area is 118 Å². The van der Waals surface area contributed by atoms with Crippen LogP contribution < -0.4 is 11.1 Å². The SMILES string of the molecule is Cc1cccc(Cl)c1NC1CC(N)c2ccccc21. The summed E-state index contributed by atoms with van der Waals surface area (Å²) in [7, 11) is 0. The number of nitrogens with one attached hydrogen (secondary N) is 1. The number of nitrogens with two attached hydrogens (primary N) is 1. The van der Waals surface area contributed by atoms with Gasteiger partial charge in [0.15, 0.2) is 0 Å². The minimum atomic E-state index is 0.108. The highest BCUT2D eigenvalue weighted by Gasteiger charge is 2.28. The van der Waals surface area contributed by atoms with Crippen molar-refractivity contribution in [3.8, 4) is 0 Å². The van der Waals surface area contributed by atoms with Crippen molar-refractivity contribution >= 4 is 17.3 Å². The topological polar surface area (TPSA) is 38.0 Å². The summed E-state index contributed by atoms with van der Waals surface area (Å²) in [6.45, 7) is 2.06. The first-order valence-electron chi connectivity index (χ1n) is 6.53. The van der Waals surface area contributed by atoms with Crippen molar-refractivity contribution in [1.29, 1.82) is 0 Å². The molecule has 98 valence electrons. The Balaban J connectivity index is 1.94. The maximum atomic E-state index is 6.28. The van der Waals surface area contributed by atoms with Gasteiger partial charge in [-0.05, 0) is 36.1 Å². The van der Waals surface area contributed by atoms with Crippen LogP contribution in [0.25, 0.3) is 0 Å². The van der Waals surface area contributed by atoms with Crippen LogP contribution in [0.4, 0.5) is 5.69 Å². The van der Waals surface area contributed by atoms with E-state index in [1.165, 1.54) is 11.1 Å². The van der Waals surface area contributed by atoms with Crippen LogP contribution in [0.15, 0.2) is 42.5 Å². The maximum absolute atomic E-state index is 6.28. The van der Waals surface area contributed by atoms with Gasteiger partial charge in [0.1, 0.15) is 0 Å². The lowest BCUT2D eigenvalue weighted by molar-refractivity contribution is 0.648. The van der Waals surface area contributed by atoms with E-state index >= 15 is 0 Å². The third-order valence-corrected chi connectivity index (χ3v) is 4.12. The predicted molar refractivity (Wildman–Crippen MR) is 80.5 cm³/mol. The second-order valence-electron chi connectivity index (χ2n) is 5.10. The number of benzene rings is 2. The minimum Gasteiger partial charge on any atom is -0.377 e. The van der Waals surface area contributed by atoms with Crippen molar-refractivity contribution in [2.24, 2.45) is 5.73 Å². The quantitative estimate of drug-likeness (QED) is 0.860. The Morgan fingerprint density at radius 3 is 2.58 bits per heavy atom. The molecule has 19 heavy (non-hydrogen) atoms. The number of para-hydroxylation sites is 1. The lowest BCUT2D eigenvalue weighted by Crippen LogP contribution is -2.11. The highest BCUT2D eigenvalue weighted by Crippen LogP contribution is 2.40. The molecule has 0 spiro atoms. The predicted octanol–water partition coefficient (Wildman–Crippen LogP) is 4.21. The molecule has 1 aliphatic carbocycles. The molecule has 1 aliphatic rings. The van der Waals surface area contributed by atoms with Gasteiger partial charge in [-0.25, -0.2) is 0 Å². The lowest BCUT2D eigenvalue weighted by atomic mass is 10.1. The van der Waals surface area contributed by atoms with E-state index in [0.717, 1.165) is 22.7 Å².